The van der Waals surface area contributed by atoms with Crippen LogP contribution in [0, 0.1) is 0 Å². The SMILES string of the molecule is CC(C)(C)c1cc(CCC(O)c2nc(C(O)CCc3cc(C(C)(C)C)c(O)c(C(C)(C)C)c3)nc(C(O)CCc3cc(C(C)(C)C)c(O)c(C(C)(C)C)c3)n2)cc(C(C)(C)C)c1O. The summed E-state index contributed by atoms with van der Waals surface area (Å²) in [6.45, 7) is 37.3. The average molecular weight is 868 g/mol. The summed E-state index contributed by atoms with van der Waals surface area (Å²) in [5.74, 6) is 1.10. The summed E-state index contributed by atoms with van der Waals surface area (Å²) < 4.78 is 0. The Labute approximate surface area is 379 Å². The number of aromatic hydroxyl groups is 3. The van der Waals surface area contributed by atoms with E-state index in [1.54, 1.807) is 0 Å². The van der Waals surface area contributed by atoms with Crippen molar-refractivity contribution in [3.05, 3.63) is 104 Å². The zero-order chi connectivity index (χ0) is 48.0. The number of nitrogens with zero attached hydrogens (tertiary/aromatic N) is 3. The van der Waals surface area contributed by atoms with Gasteiger partial charge in [0.1, 0.15) is 35.6 Å². The molecule has 1 heterocycles. The smallest absolute Gasteiger partial charge is 0.161 e. The predicted octanol–water partition coefficient (Wildman–Crippen LogP) is 11.8. The van der Waals surface area contributed by atoms with Crippen molar-refractivity contribution in [3.63, 3.8) is 0 Å². The maximum absolute atomic E-state index is 11.8. The van der Waals surface area contributed by atoms with Gasteiger partial charge in [0.05, 0.1) is 0 Å². The van der Waals surface area contributed by atoms with Crippen LogP contribution in [0.4, 0.5) is 0 Å². The summed E-state index contributed by atoms with van der Waals surface area (Å²) in [7, 11) is 0. The van der Waals surface area contributed by atoms with Crippen molar-refractivity contribution in [2.75, 3.05) is 0 Å². The summed E-state index contributed by atoms with van der Waals surface area (Å²) in [4.78, 5) is 14.0. The first-order chi connectivity index (χ1) is 28.5. The first-order valence-electron chi connectivity index (χ1n) is 22.9. The third kappa shape index (κ3) is 12.8. The fourth-order valence-electron chi connectivity index (χ4n) is 8.12. The highest BCUT2D eigenvalue weighted by Crippen LogP contribution is 2.43. The molecule has 0 spiro atoms. The monoisotopic (exact) mass is 868 g/mol. The number of rotatable bonds is 12. The molecule has 348 valence electrons. The molecule has 3 atom stereocenters. The van der Waals surface area contributed by atoms with Crippen LogP contribution in [0.2, 0.25) is 0 Å². The van der Waals surface area contributed by atoms with Crippen LogP contribution in [-0.4, -0.2) is 45.6 Å². The number of phenols is 3. The number of hydrogen-bond acceptors (Lipinski definition) is 9. The van der Waals surface area contributed by atoms with E-state index in [-0.39, 0.29) is 69.2 Å². The number of aliphatic hydroxyl groups excluding tert-OH is 3. The van der Waals surface area contributed by atoms with Crippen LogP contribution in [0.5, 0.6) is 17.2 Å². The van der Waals surface area contributed by atoms with Crippen LogP contribution in [-0.2, 0) is 51.8 Å². The van der Waals surface area contributed by atoms with E-state index in [0.717, 1.165) is 50.1 Å². The first kappa shape index (κ1) is 51.6. The van der Waals surface area contributed by atoms with Gasteiger partial charge in [-0.1, -0.05) is 161 Å². The van der Waals surface area contributed by atoms with Gasteiger partial charge >= 0.3 is 0 Å². The molecular weight excluding hydrogens is 787 g/mol. The fourth-order valence-corrected chi connectivity index (χ4v) is 8.12. The highest BCUT2D eigenvalue weighted by Gasteiger charge is 2.31. The van der Waals surface area contributed by atoms with Gasteiger partial charge in [0, 0.05) is 0 Å². The van der Waals surface area contributed by atoms with Gasteiger partial charge in [-0.15, -0.1) is 0 Å². The van der Waals surface area contributed by atoms with Crippen molar-refractivity contribution in [3.8, 4) is 17.2 Å². The highest BCUT2D eigenvalue weighted by molar-refractivity contribution is 5.52. The van der Waals surface area contributed by atoms with E-state index in [4.69, 9.17) is 0 Å². The Hall–Kier alpha value is -4.05. The Kier molecular flexibility index (Phi) is 15.1. The van der Waals surface area contributed by atoms with Gasteiger partial charge in [-0.25, -0.2) is 15.0 Å². The normalized spacial score (nSPS) is 14.8. The van der Waals surface area contributed by atoms with Crippen LogP contribution in [0.1, 0.15) is 230 Å². The average Bonchev–Trinajstić information content (AvgIpc) is 3.13. The van der Waals surface area contributed by atoms with Crippen LogP contribution in [0.15, 0.2) is 36.4 Å². The molecule has 0 aliphatic heterocycles. The quantitative estimate of drug-likeness (QED) is 0.0814. The second-order valence-corrected chi connectivity index (χ2v) is 24.2. The molecule has 0 fully saturated rings. The minimum atomic E-state index is -1.14. The van der Waals surface area contributed by atoms with Crippen LogP contribution in [0.3, 0.4) is 0 Å². The number of hydrogen-bond donors (Lipinski definition) is 6. The molecule has 6 N–H and O–H groups in total. The summed E-state index contributed by atoms with van der Waals surface area (Å²) in [6, 6.07) is 12.0. The van der Waals surface area contributed by atoms with E-state index in [9.17, 15) is 30.6 Å². The lowest BCUT2D eigenvalue weighted by Crippen LogP contribution is -2.19. The van der Waals surface area contributed by atoms with Crippen LogP contribution in [0.25, 0.3) is 0 Å². The summed E-state index contributed by atoms with van der Waals surface area (Å²) in [5, 5.41) is 69.3. The van der Waals surface area contributed by atoms with Crippen molar-refractivity contribution in [1.82, 2.24) is 15.0 Å². The molecule has 0 saturated heterocycles. The molecule has 0 amide bonds. The van der Waals surface area contributed by atoms with Gasteiger partial charge in [-0.2, -0.15) is 0 Å². The lowest BCUT2D eigenvalue weighted by atomic mass is 9.78. The largest absolute Gasteiger partial charge is 0.507 e. The number of phenolic OH excluding ortho intramolecular Hbond substituents is 3. The lowest BCUT2D eigenvalue weighted by molar-refractivity contribution is 0.131. The molecule has 3 unspecified atom stereocenters. The van der Waals surface area contributed by atoms with Crippen molar-refractivity contribution >= 4 is 0 Å². The molecule has 0 radical (unpaired) electrons. The van der Waals surface area contributed by atoms with Crippen molar-refractivity contribution in [1.29, 1.82) is 0 Å². The van der Waals surface area contributed by atoms with Gasteiger partial charge in [0.25, 0.3) is 0 Å². The lowest BCUT2D eigenvalue weighted by Gasteiger charge is -2.28. The Morgan fingerprint density at radius 2 is 0.492 bits per heavy atom. The maximum atomic E-state index is 11.8. The molecule has 0 aliphatic carbocycles. The molecule has 4 aromatic rings. The summed E-state index contributed by atoms with van der Waals surface area (Å²) in [6.07, 6.45) is -1.26. The number of aromatic nitrogens is 3. The van der Waals surface area contributed by atoms with Crippen LogP contribution < -0.4 is 0 Å². The predicted molar refractivity (Wildman–Crippen MR) is 256 cm³/mol. The molecule has 0 bridgehead atoms. The Balaban J connectivity index is 1.74. The zero-order valence-electron chi connectivity index (χ0n) is 42.0. The van der Waals surface area contributed by atoms with Gasteiger partial charge in [-0.05, 0) is 121 Å². The summed E-state index contributed by atoms with van der Waals surface area (Å²) >= 11 is 0. The van der Waals surface area contributed by atoms with Crippen molar-refractivity contribution < 1.29 is 30.6 Å². The molecule has 1 aromatic heterocycles. The first-order valence-corrected chi connectivity index (χ1v) is 22.9. The van der Waals surface area contributed by atoms with E-state index in [0.29, 0.717) is 36.5 Å². The third-order valence-electron chi connectivity index (χ3n) is 12.1. The molecule has 0 aliphatic rings. The molecule has 63 heavy (non-hydrogen) atoms. The molecule has 3 aromatic carbocycles. The Morgan fingerprint density at radius 1 is 0.333 bits per heavy atom. The molecule has 9 heteroatoms. The van der Waals surface area contributed by atoms with Gasteiger partial charge in [0.15, 0.2) is 17.5 Å². The zero-order valence-corrected chi connectivity index (χ0v) is 42.0. The fraction of sp³-hybridized carbons (Fsp3) is 0.611. The minimum Gasteiger partial charge on any atom is -0.507 e. The van der Waals surface area contributed by atoms with Gasteiger partial charge in [0.2, 0.25) is 0 Å². The highest BCUT2D eigenvalue weighted by atomic mass is 16.3. The molecular formula is C54H81N3O6. The second kappa shape index (κ2) is 18.4. The number of benzene rings is 3. The Morgan fingerprint density at radius 3 is 0.635 bits per heavy atom. The van der Waals surface area contributed by atoms with E-state index in [1.165, 1.54) is 0 Å². The van der Waals surface area contributed by atoms with Gasteiger partial charge < -0.3 is 30.6 Å². The number of aliphatic hydroxyl groups is 3. The van der Waals surface area contributed by atoms with Crippen LogP contribution >= 0.6 is 0 Å². The van der Waals surface area contributed by atoms with E-state index < -0.39 is 18.3 Å². The second-order valence-electron chi connectivity index (χ2n) is 24.2. The molecule has 0 saturated carbocycles. The van der Waals surface area contributed by atoms with Gasteiger partial charge in [-0.3, -0.25) is 0 Å². The van der Waals surface area contributed by atoms with Crippen molar-refractivity contribution in [2.45, 2.75) is 214 Å². The summed E-state index contributed by atoms with van der Waals surface area (Å²) in [5.41, 5.74) is 6.06. The van der Waals surface area contributed by atoms with Crippen molar-refractivity contribution in [2.24, 2.45) is 0 Å². The third-order valence-corrected chi connectivity index (χ3v) is 12.1. The molecule has 9 nitrogen and oxygen atoms in total. The van der Waals surface area contributed by atoms with E-state index in [1.807, 2.05) is 36.4 Å². The van der Waals surface area contributed by atoms with E-state index in [2.05, 4.69) is 140 Å². The Bertz CT molecular complexity index is 1870. The number of aryl methyl sites for hydroxylation is 3. The van der Waals surface area contributed by atoms with E-state index >= 15 is 0 Å². The standard InChI is InChI=1S/C54H81N3O6/c1-49(2,3)34-25-31(26-35(43(34)61)50(4,5)6)19-22-40(58)46-55-47(41(59)23-20-32-27-36(51(7,8)9)44(62)37(28-32)52(10,11)12)57-48(56-46)42(60)24-21-33-29-38(53(13,14)15)45(63)39(30-33)54(16,17)18/h25-30,40-42,58-63H,19-24H2,1-18H3. The minimum absolute atomic E-state index is 0.0725. The maximum Gasteiger partial charge on any atom is 0.161 e. The topological polar surface area (TPSA) is 160 Å². The molecule has 4 rings (SSSR count).